The number of likely N-dealkylation sites (tertiary alicyclic amines) is 1. The van der Waals surface area contributed by atoms with E-state index in [1.165, 1.54) is 22.8 Å². The number of methoxy groups -OCH3 is 1. The van der Waals surface area contributed by atoms with E-state index in [9.17, 15) is 32.3 Å². The van der Waals surface area contributed by atoms with Crippen LogP contribution in [0.15, 0.2) is 65.8 Å². The number of hydrogen-bond donors (Lipinski definition) is 2. The summed E-state index contributed by atoms with van der Waals surface area (Å²) >= 11 is 0. The lowest BCUT2D eigenvalue weighted by Gasteiger charge is -2.42. The minimum absolute atomic E-state index is 0.0509. The normalized spacial score (nSPS) is 21.3. The fourth-order valence-electron chi connectivity index (χ4n) is 9.46. The van der Waals surface area contributed by atoms with Crippen molar-refractivity contribution in [2.75, 3.05) is 60.7 Å². The van der Waals surface area contributed by atoms with Crippen LogP contribution in [0, 0.1) is 29.1 Å². The van der Waals surface area contributed by atoms with E-state index in [1.807, 2.05) is 90.9 Å². The van der Waals surface area contributed by atoms with Gasteiger partial charge in [-0.1, -0.05) is 76.6 Å². The number of rotatable bonds is 14. The molecule has 73 heavy (non-hydrogen) atoms. The molecule has 17 heteroatoms. The number of hydrazine groups is 1. The minimum Gasteiger partial charge on any atom is -0.378 e. The van der Waals surface area contributed by atoms with Gasteiger partial charge in [-0.15, -0.1) is 0 Å². The first kappa shape index (κ1) is 56.7. The highest BCUT2D eigenvalue weighted by Crippen LogP contribution is 2.41. The lowest BCUT2D eigenvalue weighted by molar-refractivity contribution is -0.149. The highest BCUT2D eigenvalue weighted by Gasteiger charge is 2.42. The van der Waals surface area contributed by atoms with Gasteiger partial charge in [0.2, 0.25) is 5.91 Å². The molecule has 2 fully saturated rings. The Balaban J connectivity index is 1.40. The van der Waals surface area contributed by atoms with Gasteiger partial charge in [-0.3, -0.25) is 29.3 Å². The lowest BCUT2D eigenvalue weighted by Crippen LogP contribution is -2.66. The summed E-state index contributed by atoms with van der Waals surface area (Å²) < 4.78 is 63.9. The smallest absolute Gasteiger partial charge is 0.378 e. The monoisotopic (exact) mass is 1010 g/mol. The number of carbonyl (C=O) groups is 4. The number of fused-ring (bicyclic) bond motifs is 6. The number of carbonyl (C=O) groups excluding carboxylic acids is 4. The summed E-state index contributed by atoms with van der Waals surface area (Å²) in [5, 5.41) is 5.06. The van der Waals surface area contributed by atoms with Crippen LogP contribution in [-0.4, -0.2) is 146 Å². The summed E-state index contributed by atoms with van der Waals surface area (Å²) in [5.41, 5.74) is 4.98. The molecule has 0 unspecified atom stereocenters. The molecule has 1 aromatic heterocycles. The highest BCUT2D eigenvalue weighted by molar-refractivity contribution is 5.96. The Morgan fingerprint density at radius 3 is 2.44 bits per heavy atom. The number of aliphatic imine (C=N–C) groups is 1. The molecule has 4 atom stereocenters. The Hall–Kier alpha value is -5.64. The maximum absolute atomic E-state index is 14.8. The van der Waals surface area contributed by atoms with Crippen LogP contribution >= 0.6 is 0 Å². The number of benzene rings is 2. The quantitative estimate of drug-likeness (QED) is 0.0729. The maximum atomic E-state index is 14.8. The topological polar surface area (TPSA) is 147 Å². The SMILES string of the molecule is C=C/C(=C(\N=CC)[C@H](C)OC)c1c2c3cc(ccc3n1CC(F)(F)F)-c1cccc(c1)C[C@H](NC(=O)[C@@H](COC1CN(C(=O)C#CC(C)(C)N(C)C)C1)C(C)C)C(=O)N1CCC[C@](C=O)(COCC(C)(C)C2)N1. The van der Waals surface area contributed by atoms with E-state index in [-0.39, 0.29) is 57.1 Å². The average Bonchev–Trinajstić information content (AvgIpc) is 3.59. The van der Waals surface area contributed by atoms with Crippen molar-refractivity contribution >= 4 is 46.7 Å². The molecule has 0 aliphatic carbocycles. The second-order valence-electron chi connectivity index (χ2n) is 21.5. The van der Waals surface area contributed by atoms with Gasteiger partial charge in [0.25, 0.3) is 11.8 Å². The number of aromatic nitrogens is 1. The number of alkyl halides is 3. The number of amides is 3. The highest BCUT2D eigenvalue weighted by atomic mass is 19.4. The number of hydrogen-bond acceptors (Lipinski definition) is 10. The van der Waals surface area contributed by atoms with E-state index in [0.717, 1.165) is 17.4 Å². The summed E-state index contributed by atoms with van der Waals surface area (Å²) in [4.78, 5) is 63.3. The van der Waals surface area contributed by atoms with Gasteiger partial charge in [0.15, 0.2) is 0 Å². The fraction of sp³-hybridized carbons (Fsp3) is 0.554. The van der Waals surface area contributed by atoms with Crippen molar-refractivity contribution in [3.05, 3.63) is 77.6 Å². The van der Waals surface area contributed by atoms with E-state index in [0.29, 0.717) is 64.9 Å². The first-order valence-electron chi connectivity index (χ1n) is 25.1. The van der Waals surface area contributed by atoms with Crippen LogP contribution in [0.2, 0.25) is 0 Å². The molecule has 3 aliphatic heterocycles. The van der Waals surface area contributed by atoms with Gasteiger partial charge in [-0.25, -0.2) is 5.43 Å². The third kappa shape index (κ3) is 13.6. The minimum atomic E-state index is -4.60. The van der Waals surface area contributed by atoms with Gasteiger partial charge in [0, 0.05) is 55.9 Å². The molecule has 0 saturated carbocycles. The number of nitrogens with zero attached hydrogens (tertiary/aromatic N) is 5. The average molecular weight is 1010 g/mol. The first-order chi connectivity index (χ1) is 34.3. The van der Waals surface area contributed by atoms with E-state index in [4.69, 9.17) is 14.2 Å². The van der Waals surface area contributed by atoms with Crippen molar-refractivity contribution < 1.29 is 46.6 Å². The summed E-state index contributed by atoms with van der Waals surface area (Å²) in [6, 6.07) is 11.8. The standard InChI is InChI=1S/C56H74F3N7O7/c1-13-42(49(60-14-2)37(5)71-12)50-44-28-53(6,7)34-72-35-55(33-67)22-16-24-66(62-55)52(70)46(26-38-17-15-18-39(25-38)40-19-20-47(43(44)27-40)65(50)32-56(57,58)59)61-51(69)45(36(3)4)31-73-41-29-64(30-41)48(68)21-23-54(8,9)63(10)11/h13-15,17-20,25,27,33,36-37,41,45-46,62H,1,16,22,24,26,28-32,34-35H2,2-12H3,(H,61,69)/b49-42+,60-14?/t37-,45-,46-,55-/m0/s1. The number of aldehydes is 1. The molecule has 14 nitrogen and oxygen atoms in total. The Morgan fingerprint density at radius 1 is 1.10 bits per heavy atom. The molecule has 3 aromatic rings. The van der Waals surface area contributed by atoms with Crippen LogP contribution in [0.5, 0.6) is 0 Å². The summed E-state index contributed by atoms with van der Waals surface area (Å²) in [7, 11) is 5.31. The molecule has 6 bridgehead atoms. The molecular weight excluding hydrogens is 940 g/mol. The second-order valence-corrected chi connectivity index (χ2v) is 21.5. The predicted octanol–water partition coefficient (Wildman–Crippen LogP) is 7.43. The molecule has 396 valence electrons. The van der Waals surface area contributed by atoms with Crippen LogP contribution in [0.3, 0.4) is 0 Å². The van der Waals surface area contributed by atoms with Crippen LogP contribution < -0.4 is 10.7 Å². The largest absolute Gasteiger partial charge is 0.406 e. The van der Waals surface area contributed by atoms with Crippen LogP contribution in [0.25, 0.3) is 27.6 Å². The number of allylic oxidation sites excluding steroid dienone is 2. The van der Waals surface area contributed by atoms with Gasteiger partial charge >= 0.3 is 6.18 Å². The van der Waals surface area contributed by atoms with Gasteiger partial charge in [0.05, 0.1) is 54.9 Å². The molecule has 6 rings (SSSR count). The molecule has 2 N–H and O–H groups in total. The molecule has 0 radical (unpaired) electrons. The van der Waals surface area contributed by atoms with E-state index in [2.05, 4.69) is 34.2 Å². The zero-order chi connectivity index (χ0) is 53.6. The van der Waals surface area contributed by atoms with Crippen molar-refractivity contribution in [2.24, 2.45) is 22.2 Å². The molecule has 4 heterocycles. The van der Waals surface area contributed by atoms with Crippen LogP contribution in [0.4, 0.5) is 13.2 Å². The van der Waals surface area contributed by atoms with Crippen molar-refractivity contribution in [2.45, 2.75) is 123 Å². The summed E-state index contributed by atoms with van der Waals surface area (Å²) in [6.45, 7) is 18.9. The lowest BCUT2D eigenvalue weighted by atomic mass is 9.83. The first-order valence-corrected chi connectivity index (χ1v) is 25.1. The van der Waals surface area contributed by atoms with Crippen molar-refractivity contribution in [3.63, 3.8) is 0 Å². The predicted molar refractivity (Wildman–Crippen MR) is 278 cm³/mol. The van der Waals surface area contributed by atoms with Crippen LogP contribution in [0.1, 0.15) is 85.1 Å². The third-order valence-electron chi connectivity index (χ3n) is 14.3. The van der Waals surface area contributed by atoms with Crippen LogP contribution in [-0.2, 0) is 52.8 Å². The van der Waals surface area contributed by atoms with E-state index in [1.54, 1.807) is 37.1 Å². The Labute approximate surface area is 428 Å². The van der Waals surface area contributed by atoms with Gasteiger partial charge < -0.3 is 33.8 Å². The molecule has 2 aromatic carbocycles. The Morgan fingerprint density at radius 2 is 1.81 bits per heavy atom. The van der Waals surface area contributed by atoms with Crippen molar-refractivity contribution in [1.29, 1.82) is 0 Å². The van der Waals surface area contributed by atoms with Gasteiger partial charge in [-0.05, 0) is 113 Å². The summed E-state index contributed by atoms with van der Waals surface area (Å²) in [5.74, 6) is 3.80. The van der Waals surface area contributed by atoms with E-state index >= 15 is 0 Å². The number of nitrogens with one attached hydrogen (secondary N) is 2. The molecule has 0 spiro atoms. The zero-order valence-electron chi connectivity index (χ0n) is 44.4. The number of ether oxygens (including phenoxy) is 3. The zero-order valence-corrected chi connectivity index (χ0v) is 44.4. The molecule has 3 amide bonds. The molecule has 3 aliphatic rings. The third-order valence-corrected chi connectivity index (χ3v) is 14.3. The van der Waals surface area contributed by atoms with Crippen molar-refractivity contribution in [1.82, 2.24) is 30.1 Å². The fourth-order valence-corrected chi connectivity index (χ4v) is 9.46. The Bertz CT molecular complexity index is 2650. The van der Waals surface area contributed by atoms with Gasteiger partial charge in [0.1, 0.15) is 24.4 Å². The summed E-state index contributed by atoms with van der Waals surface area (Å²) in [6.07, 6.45) is -0.470. The molecular formula is C56H74F3N7O7. The van der Waals surface area contributed by atoms with E-state index < -0.39 is 59.1 Å². The number of halogens is 3. The second kappa shape index (κ2) is 23.3. The van der Waals surface area contributed by atoms with Crippen molar-refractivity contribution in [3.8, 4) is 23.0 Å². The van der Waals surface area contributed by atoms with Gasteiger partial charge in [-0.2, -0.15) is 13.2 Å². The maximum Gasteiger partial charge on any atom is 0.406 e. The molecule has 2 saturated heterocycles. The Kier molecular flexibility index (Phi) is 18.1.